The van der Waals surface area contributed by atoms with Gasteiger partial charge < -0.3 is 20.5 Å². The molecular weight excluding hydrogens is 193 g/mol. The highest BCUT2D eigenvalue weighted by Crippen LogP contribution is 2.11. The van der Waals surface area contributed by atoms with Gasteiger partial charge in [-0.25, -0.2) is 0 Å². The Morgan fingerprint density at radius 1 is 1.23 bits per heavy atom. The largest absolute Gasteiger partial charge is 0.530 e. The van der Waals surface area contributed by atoms with E-state index in [0.29, 0.717) is 0 Å². The minimum absolute atomic E-state index is 0.752. The molecule has 0 radical (unpaired) electrons. The maximum atomic E-state index is 11.5. The fourth-order valence-corrected chi connectivity index (χ4v) is 0.414. The second-order valence-electron chi connectivity index (χ2n) is 2.03. The molecule has 0 saturated heterocycles. The summed E-state index contributed by atoms with van der Waals surface area (Å²) in [6.07, 6.45) is -6.22. The zero-order chi connectivity index (χ0) is 10.5. The van der Waals surface area contributed by atoms with Gasteiger partial charge in [-0.2, -0.15) is 13.2 Å². The summed E-state index contributed by atoms with van der Waals surface area (Å²) >= 11 is 0. The molecule has 0 spiro atoms. The lowest BCUT2D eigenvalue weighted by Crippen LogP contribution is -2.44. The van der Waals surface area contributed by atoms with Crippen molar-refractivity contribution >= 4 is 12.0 Å². The molecule has 0 aliphatic rings. The number of alkyl halides is 3. The normalized spacial score (nSPS) is 10.7. The molecule has 0 bridgehead atoms. The first-order valence-electron chi connectivity index (χ1n) is 3.09. The van der Waals surface area contributed by atoms with Gasteiger partial charge in [-0.15, -0.1) is 0 Å². The van der Waals surface area contributed by atoms with Crippen molar-refractivity contribution in [2.24, 2.45) is 0 Å². The summed E-state index contributed by atoms with van der Waals surface area (Å²) in [6, 6.07) is 0. The molecule has 0 heterocycles. The van der Waals surface area contributed by atoms with E-state index < -0.39 is 31.3 Å². The van der Waals surface area contributed by atoms with Crippen LogP contribution in [0.3, 0.4) is 0 Å². The molecular formula is C5H6F3N2O3-. The molecule has 2 N–H and O–H groups in total. The first-order chi connectivity index (χ1) is 5.81. The topological polar surface area (TPSA) is 81.3 Å². The molecule has 0 aliphatic heterocycles. The average Bonchev–Trinajstić information content (AvgIpc) is 1.95. The van der Waals surface area contributed by atoms with Gasteiger partial charge in [-0.1, -0.05) is 0 Å². The summed E-state index contributed by atoms with van der Waals surface area (Å²) in [5, 5.41) is 12.6. The van der Waals surface area contributed by atoms with Gasteiger partial charge in [0.1, 0.15) is 12.6 Å². The summed E-state index contributed by atoms with van der Waals surface area (Å²) in [5.41, 5.74) is 0. The molecule has 2 amide bonds. The standard InChI is InChI=1S/C5H7F3N2O3/c6-5(7,8)2-10-3(11)1-9-4(12)13/h9H,1-2H2,(H,10,11)(H,12,13)/p-1. The second-order valence-corrected chi connectivity index (χ2v) is 2.03. The van der Waals surface area contributed by atoms with Crippen molar-refractivity contribution in [1.82, 2.24) is 10.6 Å². The Bertz CT molecular complexity index is 204. The van der Waals surface area contributed by atoms with Crippen LogP contribution in [0.1, 0.15) is 0 Å². The molecule has 0 saturated carbocycles. The molecule has 0 aromatic rings. The zero-order valence-corrected chi connectivity index (χ0v) is 6.27. The zero-order valence-electron chi connectivity index (χ0n) is 6.27. The lowest BCUT2D eigenvalue weighted by molar-refractivity contribution is -0.250. The van der Waals surface area contributed by atoms with Gasteiger partial charge in [0.25, 0.3) is 0 Å². The van der Waals surface area contributed by atoms with E-state index in [1.165, 1.54) is 10.6 Å². The first-order valence-corrected chi connectivity index (χ1v) is 3.09. The van der Waals surface area contributed by atoms with Crippen LogP contribution in [0.2, 0.25) is 0 Å². The maximum Gasteiger partial charge on any atom is 0.405 e. The number of halogens is 3. The summed E-state index contributed by atoms with van der Waals surface area (Å²) in [5.74, 6) is -1.07. The highest BCUT2D eigenvalue weighted by atomic mass is 19.4. The maximum absolute atomic E-state index is 11.5. The molecule has 13 heavy (non-hydrogen) atoms. The number of hydrogen-bond donors (Lipinski definition) is 2. The van der Waals surface area contributed by atoms with Crippen LogP contribution < -0.4 is 15.7 Å². The summed E-state index contributed by atoms with van der Waals surface area (Å²) in [6.45, 7) is -2.24. The van der Waals surface area contributed by atoms with E-state index in [9.17, 15) is 27.9 Å². The van der Waals surface area contributed by atoms with Gasteiger partial charge in [0.15, 0.2) is 0 Å². The van der Waals surface area contributed by atoms with Crippen molar-refractivity contribution in [2.75, 3.05) is 13.1 Å². The smallest absolute Gasteiger partial charge is 0.405 e. The Kier molecular flexibility index (Phi) is 4.02. The van der Waals surface area contributed by atoms with Gasteiger partial charge >= 0.3 is 6.18 Å². The Morgan fingerprint density at radius 3 is 2.15 bits per heavy atom. The van der Waals surface area contributed by atoms with E-state index in [1.54, 1.807) is 0 Å². The van der Waals surface area contributed by atoms with Crippen molar-refractivity contribution in [3.63, 3.8) is 0 Å². The Balaban J connectivity index is 3.58. The van der Waals surface area contributed by atoms with E-state index >= 15 is 0 Å². The van der Waals surface area contributed by atoms with Crippen LogP contribution in [0.15, 0.2) is 0 Å². The van der Waals surface area contributed by atoms with E-state index in [1.807, 2.05) is 0 Å². The molecule has 0 rings (SSSR count). The van der Waals surface area contributed by atoms with Crippen LogP contribution in [0.5, 0.6) is 0 Å². The predicted molar refractivity (Wildman–Crippen MR) is 32.5 cm³/mol. The fourth-order valence-electron chi connectivity index (χ4n) is 0.414. The monoisotopic (exact) mass is 199 g/mol. The fraction of sp³-hybridized carbons (Fsp3) is 0.600. The van der Waals surface area contributed by atoms with E-state index in [4.69, 9.17) is 0 Å². The van der Waals surface area contributed by atoms with Crippen LogP contribution in [-0.2, 0) is 4.79 Å². The number of carbonyl (C=O) groups excluding carboxylic acids is 2. The number of nitrogens with one attached hydrogen (secondary N) is 2. The van der Waals surface area contributed by atoms with E-state index in [2.05, 4.69) is 0 Å². The quantitative estimate of drug-likeness (QED) is 0.586. The highest BCUT2D eigenvalue weighted by molar-refractivity contribution is 5.81. The number of hydrogen-bond acceptors (Lipinski definition) is 3. The van der Waals surface area contributed by atoms with Gasteiger partial charge in [-0.05, 0) is 0 Å². The lowest BCUT2D eigenvalue weighted by Gasteiger charge is -2.09. The number of carboxylic acid groups (broad SMARTS) is 1. The molecule has 76 valence electrons. The Hall–Kier alpha value is -1.47. The third-order valence-electron chi connectivity index (χ3n) is 0.879. The lowest BCUT2D eigenvalue weighted by atomic mass is 10.5. The van der Waals surface area contributed by atoms with Crippen molar-refractivity contribution in [3.8, 4) is 0 Å². The summed E-state index contributed by atoms with van der Waals surface area (Å²) < 4.78 is 34.4. The van der Waals surface area contributed by atoms with Crippen LogP contribution in [-0.4, -0.2) is 31.3 Å². The molecule has 0 fully saturated rings. The van der Waals surface area contributed by atoms with E-state index in [0.717, 1.165) is 0 Å². The van der Waals surface area contributed by atoms with Crippen molar-refractivity contribution in [3.05, 3.63) is 0 Å². The third kappa shape index (κ3) is 8.44. The van der Waals surface area contributed by atoms with Gasteiger partial charge in [0.05, 0.1) is 6.54 Å². The van der Waals surface area contributed by atoms with Gasteiger partial charge in [0.2, 0.25) is 5.91 Å². The van der Waals surface area contributed by atoms with Gasteiger partial charge in [0, 0.05) is 0 Å². The molecule has 0 unspecified atom stereocenters. The minimum Gasteiger partial charge on any atom is -0.530 e. The summed E-state index contributed by atoms with van der Waals surface area (Å²) in [7, 11) is 0. The van der Waals surface area contributed by atoms with Crippen LogP contribution >= 0.6 is 0 Å². The van der Waals surface area contributed by atoms with Crippen molar-refractivity contribution in [2.45, 2.75) is 6.18 Å². The molecule has 0 atom stereocenters. The molecule has 0 aromatic heterocycles. The van der Waals surface area contributed by atoms with Crippen LogP contribution in [0, 0.1) is 0 Å². The highest BCUT2D eigenvalue weighted by Gasteiger charge is 2.27. The molecule has 8 heteroatoms. The average molecular weight is 199 g/mol. The van der Waals surface area contributed by atoms with Crippen molar-refractivity contribution in [1.29, 1.82) is 0 Å². The second kappa shape index (κ2) is 4.53. The first kappa shape index (κ1) is 11.5. The summed E-state index contributed by atoms with van der Waals surface area (Å²) in [4.78, 5) is 20.1. The number of amides is 2. The van der Waals surface area contributed by atoms with Crippen molar-refractivity contribution < 1.29 is 27.9 Å². The Morgan fingerprint density at radius 2 is 1.77 bits per heavy atom. The SMILES string of the molecule is O=C([O-])NCC(=O)NCC(F)(F)F. The van der Waals surface area contributed by atoms with Gasteiger partial charge in [-0.3, -0.25) is 4.79 Å². The molecule has 0 aliphatic carbocycles. The number of carbonyl (C=O) groups is 2. The van der Waals surface area contributed by atoms with E-state index in [-0.39, 0.29) is 0 Å². The Labute approximate surface area is 70.9 Å². The third-order valence-corrected chi connectivity index (χ3v) is 0.879. The van der Waals surface area contributed by atoms with Crippen LogP contribution in [0.4, 0.5) is 18.0 Å². The predicted octanol–water partition coefficient (Wildman–Crippen LogP) is -1.40. The van der Waals surface area contributed by atoms with Crippen LogP contribution in [0.25, 0.3) is 0 Å². The number of rotatable bonds is 3. The minimum atomic E-state index is -4.50. The molecule has 0 aromatic carbocycles. The molecule has 5 nitrogen and oxygen atoms in total.